The molecule has 0 aliphatic heterocycles. The van der Waals surface area contributed by atoms with Crippen molar-refractivity contribution >= 4 is 107 Å². The fourth-order valence-electron chi connectivity index (χ4n) is 7.36. The van der Waals surface area contributed by atoms with E-state index in [-0.39, 0.29) is 75.2 Å². The third kappa shape index (κ3) is 34.4. The summed E-state index contributed by atoms with van der Waals surface area (Å²) < 4.78 is 0. The molecule has 0 fully saturated rings. The highest BCUT2D eigenvalue weighted by molar-refractivity contribution is 6.27. The first-order valence-electron chi connectivity index (χ1n) is 27.6. The van der Waals surface area contributed by atoms with E-state index >= 15 is 0 Å². The van der Waals surface area contributed by atoms with E-state index in [4.69, 9.17) is 28.7 Å². The van der Waals surface area contributed by atoms with E-state index in [1.165, 1.54) is 31.2 Å². The molecule has 0 spiro atoms. The molecule has 0 heterocycles. The molecular formula is C51H81N21O18. The van der Waals surface area contributed by atoms with Gasteiger partial charge in [-0.2, -0.15) is 5.10 Å². The number of carbonyl (C=O) groups excluding carboxylic acids is 14. The number of amides is 14. The zero-order valence-corrected chi connectivity index (χ0v) is 49.8. The van der Waals surface area contributed by atoms with Gasteiger partial charge in [-0.15, -0.1) is 0 Å². The summed E-state index contributed by atoms with van der Waals surface area (Å²) in [7, 11) is 0. The minimum absolute atomic E-state index is 0.0147. The van der Waals surface area contributed by atoms with Crippen LogP contribution in [0, 0.1) is 5.92 Å². The van der Waals surface area contributed by atoms with Crippen molar-refractivity contribution in [2.75, 3.05) is 52.4 Å². The predicted octanol–water partition coefficient (Wildman–Crippen LogP) is -10.8. The number of rotatable bonds is 41. The second-order valence-corrected chi connectivity index (χ2v) is 20.0. The number of nitrogens with zero attached hydrogens (tertiary/aromatic N) is 3. The summed E-state index contributed by atoms with van der Waals surface area (Å²) in [4.78, 5) is 198. The number of phenols is 1. The Morgan fingerprint density at radius 2 is 0.978 bits per heavy atom. The Morgan fingerprint density at radius 3 is 1.51 bits per heavy atom. The van der Waals surface area contributed by atoms with Gasteiger partial charge in [0.25, 0.3) is 11.8 Å². The first-order chi connectivity index (χ1) is 42.3. The first-order valence-corrected chi connectivity index (χ1v) is 27.6. The number of nitrogens with two attached hydrogens (primary N) is 5. The second kappa shape index (κ2) is 41.4. The number of carboxylic acids is 1. The van der Waals surface area contributed by atoms with Crippen LogP contribution in [0.3, 0.4) is 0 Å². The van der Waals surface area contributed by atoms with Crippen molar-refractivity contribution in [1.82, 2.24) is 69.2 Å². The zero-order valence-electron chi connectivity index (χ0n) is 49.8. The number of carboxylic acid groups (broad SMARTS) is 1. The van der Waals surface area contributed by atoms with E-state index in [1.54, 1.807) is 13.8 Å². The number of hydrogen-bond donors (Lipinski definition) is 21. The van der Waals surface area contributed by atoms with Gasteiger partial charge in [-0.3, -0.25) is 81.9 Å². The van der Waals surface area contributed by atoms with Crippen LogP contribution in [0.5, 0.6) is 5.75 Å². The quantitative estimate of drug-likeness (QED) is 0.0125. The molecular weight excluding hydrogens is 1190 g/mol. The largest absolute Gasteiger partial charge is 0.508 e. The molecule has 1 aromatic carbocycles. The minimum atomic E-state index is -1.90. The van der Waals surface area contributed by atoms with Crippen molar-refractivity contribution in [3.05, 3.63) is 29.8 Å². The van der Waals surface area contributed by atoms with Gasteiger partial charge in [-0.25, -0.2) is 5.43 Å². The second-order valence-electron chi connectivity index (χ2n) is 20.0. The zero-order chi connectivity index (χ0) is 68.0. The Hall–Kier alpha value is -10.8. The summed E-state index contributed by atoms with van der Waals surface area (Å²) in [6.07, 6.45) is -0.550. The highest BCUT2D eigenvalue weighted by Crippen LogP contribution is 2.13. The van der Waals surface area contributed by atoms with Crippen molar-refractivity contribution in [2.45, 2.75) is 115 Å². The van der Waals surface area contributed by atoms with Crippen molar-refractivity contribution in [3.8, 4) is 5.75 Å². The van der Waals surface area contributed by atoms with Gasteiger partial charge in [0.2, 0.25) is 70.9 Å². The van der Waals surface area contributed by atoms with E-state index < -0.39 is 177 Å². The van der Waals surface area contributed by atoms with E-state index in [9.17, 15) is 87.2 Å². The molecule has 0 radical (unpaired) electrons. The molecule has 498 valence electrons. The molecule has 0 aliphatic rings. The molecule has 1 aromatic rings. The molecule has 90 heavy (non-hydrogen) atoms. The molecule has 0 unspecified atom stereocenters. The van der Waals surface area contributed by atoms with Gasteiger partial charge in [0.1, 0.15) is 54.3 Å². The molecule has 0 saturated heterocycles. The van der Waals surface area contributed by atoms with Gasteiger partial charge in [-0.05, 0) is 62.6 Å². The molecule has 26 N–H and O–H groups in total. The maximum absolute atomic E-state index is 14.1. The van der Waals surface area contributed by atoms with Crippen molar-refractivity contribution < 1.29 is 87.2 Å². The lowest BCUT2D eigenvalue weighted by atomic mass is 10.0. The third-order valence-electron chi connectivity index (χ3n) is 11.7. The maximum Gasteiger partial charge on any atom is 0.305 e. The molecule has 39 nitrogen and oxygen atoms in total. The summed E-state index contributed by atoms with van der Waals surface area (Å²) in [6, 6.07) is -4.82. The number of carbonyl (C=O) groups is 15. The Labute approximate surface area is 514 Å². The number of benzene rings is 1. The van der Waals surface area contributed by atoms with Gasteiger partial charge in [-0.1, -0.05) is 26.0 Å². The summed E-state index contributed by atoms with van der Waals surface area (Å²) >= 11 is 0. The number of aliphatic hydroxyl groups is 1. The molecule has 7 atom stereocenters. The SMILES string of the molecule is CC(=O)NCC(=O)N[C@@H](CCCN=C(N)N)C(=O)NCC(=O)N[C@@H](CC(=O)O)C(=O)N[C@@H](CO)C(=O)NCC(=O)NCC(=O)N/N=C/C(=O)N[C@@H](CC(C)C)C(=O)N[C@@H](Cc1ccc(O)cc1)C(=O)N[C@@H](CCCN=C(N)N)C(=O)N[C@@H](C)C(=O)NCC(N)=O. The van der Waals surface area contributed by atoms with Crippen LogP contribution in [0.2, 0.25) is 0 Å². The molecule has 39 heteroatoms. The van der Waals surface area contributed by atoms with Crippen LogP contribution in [-0.4, -0.2) is 217 Å². The van der Waals surface area contributed by atoms with Gasteiger partial charge >= 0.3 is 5.97 Å². The lowest BCUT2D eigenvalue weighted by Gasteiger charge is -2.26. The van der Waals surface area contributed by atoms with Crippen LogP contribution in [0.25, 0.3) is 0 Å². The van der Waals surface area contributed by atoms with Crippen LogP contribution in [-0.2, 0) is 78.3 Å². The molecule has 0 aromatic heterocycles. The number of aliphatic carboxylic acids is 1. The number of nitrogens with one attached hydrogen (secondary N) is 13. The summed E-state index contributed by atoms with van der Waals surface area (Å²) in [5.74, 6) is -15.6. The molecule has 0 aliphatic carbocycles. The number of guanidine groups is 2. The first kappa shape index (κ1) is 77.3. The van der Waals surface area contributed by atoms with Crippen LogP contribution in [0.4, 0.5) is 0 Å². The van der Waals surface area contributed by atoms with E-state index in [0.717, 1.165) is 6.92 Å². The van der Waals surface area contributed by atoms with Gasteiger partial charge in [0.15, 0.2) is 11.9 Å². The Balaban J connectivity index is 3.00. The van der Waals surface area contributed by atoms with Gasteiger partial charge < -0.3 is 108 Å². The summed E-state index contributed by atoms with van der Waals surface area (Å²) in [5, 5.41) is 60.1. The van der Waals surface area contributed by atoms with E-state index in [0.29, 0.717) is 11.8 Å². The Morgan fingerprint density at radius 1 is 0.511 bits per heavy atom. The monoisotopic (exact) mass is 1280 g/mol. The topological polar surface area (TPSA) is 640 Å². The van der Waals surface area contributed by atoms with Crippen LogP contribution >= 0.6 is 0 Å². The molecule has 14 amide bonds. The number of hydrazone groups is 1. The molecule has 0 saturated carbocycles. The lowest BCUT2D eigenvalue weighted by molar-refractivity contribution is -0.141. The number of phenolic OH excluding ortho intramolecular Hbond substituents is 1. The molecule has 0 bridgehead atoms. The highest BCUT2D eigenvalue weighted by Gasteiger charge is 2.33. The average molecular weight is 1280 g/mol. The van der Waals surface area contributed by atoms with E-state index in [2.05, 4.69) is 73.6 Å². The van der Waals surface area contributed by atoms with Gasteiger partial charge in [0, 0.05) is 26.4 Å². The minimum Gasteiger partial charge on any atom is -0.508 e. The predicted molar refractivity (Wildman–Crippen MR) is 316 cm³/mol. The number of aliphatic hydroxyl groups excluding tert-OH is 1. The smallest absolute Gasteiger partial charge is 0.305 e. The number of aliphatic imine (C=N–C) groups is 2. The molecule has 1 rings (SSSR count). The standard InChI is InChI=1S/C51H81N21O18/c1-25(2)15-32(47(88)70-33(16-28-9-11-29(75)12-10-28)48(89)69-31(8-6-14-58-51(55)56)46(87)65-26(3)43(84)61-18-36(52)76)67-40(80)23-64-72-41(81)22-60-37(77)19-62-45(86)35(24-73)71-49(90)34(17-42(82)83)68-39(79)21-63-44(85)30(7-5-13-57-50(53)54)66-38(78)20-59-27(4)74/h9-12,23,25-26,30-35,73,75H,5-8,13-22,24H2,1-4H3,(H2,52,76)(H,59,74)(H,60,77)(H,61,84)(H,62,86)(H,63,85)(H,65,87)(H,66,78)(H,67,80)(H,68,79)(H,69,89)(H,70,88)(H,71,90)(H,72,81)(H,82,83)(H4,53,54,57)(H4,55,56,58)/b64-23+/t26-,30-,31-,32-,33-,34-,35-/m0/s1. The van der Waals surface area contributed by atoms with Crippen molar-refractivity contribution in [3.63, 3.8) is 0 Å². The van der Waals surface area contributed by atoms with Crippen LogP contribution in [0.1, 0.15) is 71.8 Å². The summed E-state index contributed by atoms with van der Waals surface area (Å²) in [6.45, 7) is 1.33. The number of hydrogen-bond acceptors (Lipinski definition) is 20. The Kier molecular flexibility index (Phi) is 35.5. The fourth-order valence-corrected chi connectivity index (χ4v) is 7.36. The van der Waals surface area contributed by atoms with Crippen LogP contribution < -0.4 is 97.9 Å². The van der Waals surface area contributed by atoms with E-state index in [1.807, 2.05) is 10.7 Å². The normalized spacial score (nSPS) is 13.0. The van der Waals surface area contributed by atoms with Crippen molar-refractivity contribution in [2.24, 2.45) is 49.7 Å². The van der Waals surface area contributed by atoms with Crippen molar-refractivity contribution in [1.29, 1.82) is 0 Å². The maximum atomic E-state index is 14.1. The summed E-state index contributed by atoms with van der Waals surface area (Å²) in [5.41, 5.74) is 28.9. The number of primary amides is 1. The third-order valence-corrected chi connectivity index (χ3v) is 11.7. The van der Waals surface area contributed by atoms with Crippen LogP contribution in [0.15, 0.2) is 39.4 Å². The fraction of sp³-hybridized carbons (Fsp3) is 0.529. The highest BCUT2D eigenvalue weighted by atomic mass is 16.4. The number of aromatic hydroxyl groups is 1. The van der Waals surface area contributed by atoms with Gasteiger partial charge in [0.05, 0.1) is 45.8 Å². The Bertz CT molecular complexity index is 2790. The average Bonchev–Trinajstić information content (AvgIpc) is 3.64. The lowest BCUT2D eigenvalue weighted by Crippen LogP contribution is -2.58.